The molecule has 37 heavy (non-hydrogen) atoms. The Morgan fingerprint density at radius 3 is 2.70 bits per heavy atom. The molecule has 5 nitrogen and oxygen atoms in total. The van der Waals surface area contributed by atoms with Gasteiger partial charge < -0.3 is 9.72 Å². The van der Waals surface area contributed by atoms with Crippen LogP contribution in [-0.2, 0) is 19.1 Å². The molecule has 1 N–H and O–H groups in total. The number of nitrogens with one attached hydrogen (secondary N) is 1. The van der Waals surface area contributed by atoms with E-state index in [1.54, 1.807) is 23.1 Å². The summed E-state index contributed by atoms with van der Waals surface area (Å²) in [5.41, 5.74) is 3.48. The minimum atomic E-state index is -4.52. The highest BCUT2D eigenvalue weighted by Gasteiger charge is 2.35. The molecule has 2 aliphatic heterocycles. The number of hydrogen-bond donors (Lipinski definition) is 1. The lowest BCUT2D eigenvalue weighted by atomic mass is 10.0. The number of hydrogen-bond acceptors (Lipinski definition) is 3. The predicted molar refractivity (Wildman–Crippen MR) is 136 cm³/mol. The van der Waals surface area contributed by atoms with E-state index in [1.807, 2.05) is 12.1 Å². The first kappa shape index (κ1) is 23.6. The summed E-state index contributed by atoms with van der Waals surface area (Å²) in [5.74, 6) is 0.100. The molecule has 2 aliphatic rings. The van der Waals surface area contributed by atoms with E-state index in [0.29, 0.717) is 17.9 Å². The average Bonchev–Trinajstić information content (AvgIpc) is 3.28. The van der Waals surface area contributed by atoms with E-state index >= 15 is 0 Å². The molecular formula is C29H26F3N3O2. The molecule has 0 spiro atoms. The van der Waals surface area contributed by atoms with Gasteiger partial charge in [-0.3, -0.25) is 14.6 Å². The molecule has 3 heterocycles. The number of anilines is 1. The van der Waals surface area contributed by atoms with Crippen molar-refractivity contribution in [2.75, 3.05) is 24.6 Å². The Hall–Kier alpha value is -3.78. The van der Waals surface area contributed by atoms with Crippen LogP contribution < -0.4 is 9.64 Å². The number of fused-ring (bicyclic) bond motifs is 4. The highest BCUT2D eigenvalue weighted by molar-refractivity contribution is 6.07. The molecule has 4 aromatic rings. The zero-order valence-electron chi connectivity index (χ0n) is 20.1. The number of aromatic amines is 1. The van der Waals surface area contributed by atoms with Crippen molar-refractivity contribution in [1.82, 2.24) is 9.88 Å². The maximum absolute atomic E-state index is 13.7. The molecule has 0 bridgehead atoms. The fourth-order valence-electron chi connectivity index (χ4n) is 5.46. The van der Waals surface area contributed by atoms with Crippen molar-refractivity contribution in [2.45, 2.75) is 31.6 Å². The van der Waals surface area contributed by atoms with Crippen molar-refractivity contribution in [3.8, 4) is 5.75 Å². The summed E-state index contributed by atoms with van der Waals surface area (Å²) in [5, 5.41) is 1.27. The molecule has 0 fully saturated rings. The second-order valence-electron chi connectivity index (χ2n) is 9.63. The Kier molecular flexibility index (Phi) is 5.91. The van der Waals surface area contributed by atoms with Crippen LogP contribution in [-0.4, -0.2) is 41.5 Å². The molecule has 8 heteroatoms. The molecule has 0 saturated heterocycles. The molecule has 1 aromatic heterocycles. The SMILES string of the molecule is O=C(c1cccc(C(F)(F)F)c1)N1c2ccccc2OCC1CCN1CCc2c([nH]c3ccccc23)C1. The van der Waals surface area contributed by atoms with Crippen LogP contribution in [0.3, 0.4) is 0 Å². The van der Waals surface area contributed by atoms with Crippen LogP contribution in [0.5, 0.6) is 5.75 Å². The molecule has 0 radical (unpaired) electrons. The van der Waals surface area contributed by atoms with Crippen LogP contribution in [0.15, 0.2) is 72.8 Å². The van der Waals surface area contributed by atoms with Crippen LogP contribution in [0, 0.1) is 0 Å². The summed E-state index contributed by atoms with van der Waals surface area (Å²) in [6, 6.07) is 19.8. The Labute approximate surface area is 212 Å². The zero-order valence-corrected chi connectivity index (χ0v) is 20.1. The van der Waals surface area contributed by atoms with Gasteiger partial charge in [-0.05, 0) is 54.8 Å². The summed E-state index contributed by atoms with van der Waals surface area (Å²) in [6.45, 7) is 2.71. The van der Waals surface area contributed by atoms with Crippen LogP contribution in [0.4, 0.5) is 18.9 Å². The van der Waals surface area contributed by atoms with E-state index in [-0.39, 0.29) is 18.2 Å². The first-order valence-electron chi connectivity index (χ1n) is 12.4. The van der Waals surface area contributed by atoms with Gasteiger partial charge in [0.15, 0.2) is 0 Å². The third kappa shape index (κ3) is 4.46. The number of para-hydroxylation sites is 3. The van der Waals surface area contributed by atoms with Gasteiger partial charge in [0.1, 0.15) is 12.4 Å². The van der Waals surface area contributed by atoms with Crippen molar-refractivity contribution in [1.29, 1.82) is 0 Å². The number of nitrogens with zero attached hydrogens (tertiary/aromatic N) is 2. The number of halogens is 3. The van der Waals surface area contributed by atoms with Crippen molar-refractivity contribution < 1.29 is 22.7 Å². The summed E-state index contributed by atoms with van der Waals surface area (Å²) >= 11 is 0. The van der Waals surface area contributed by atoms with E-state index < -0.39 is 17.6 Å². The van der Waals surface area contributed by atoms with E-state index in [1.165, 1.54) is 28.8 Å². The molecule has 1 unspecified atom stereocenters. The molecule has 1 atom stereocenters. The van der Waals surface area contributed by atoms with Gasteiger partial charge >= 0.3 is 6.18 Å². The Morgan fingerprint density at radius 1 is 1.03 bits per heavy atom. The van der Waals surface area contributed by atoms with Crippen LogP contribution >= 0.6 is 0 Å². The van der Waals surface area contributed by atoms with Crippen molar-refractivity contribution in [2.24, 2.45) is 0 Å². The Bertz CT molecular complexity index is 1460. The summed E-state index contributed by atoms with van der Waals surface area (Å²) < 4.78 is 46.0. The zero-order chi connectivity index (χ0) is 25.6. The summed E-state index contributed by atoms with van der Waals surface area (Å²) in [7, 11) is 0. The fraction of sp³-hybridized carbons (Fsp3) is 0.276. The number of carbonyl (C=O) groups excluding carboxylic acids is 1. The highest BCUT2D eigenvalue weighted by Crippen LogP contribution is 2.37. The number of ether oxygens (including phenoxy) is 1. The third-order valence-electron chi connectivity index (χ3n) is 7.32. The Balaban J connectivity index is 1.23. The highest BCUT2D eigenvalue weighted by atomic mass is 19.4. The lowest BCUT2D eigenvalue weighted by molar-refractivity contribution is -0.137. The molecule has 3 aromatic carbocycles. The van der Waals surface area contributed by atoms with E-state index in [9.17, 15) is 18.0 Å². The molecule has 6 rings (SSSR count). The summed E-state index contributed by atoms with van der Waals surface area (Å²) in [6.07, 6.45) is -2.95. The van der Waals surface area contributed by atoms with E-state index in [2.05, 4.69) is 28.1 Å². The van der Waals surface area contributed by atoms with Gasteiger partial charge in [0.2, 0.25) is 0 Å². The van der Waals surface area contributed by atoms with Crippen LogP contribution in [0.25, 0.3) is 10.9 Å². The smallest absolute Gasteiger partial charge is 0.416 e. The Morgan fingerprint density at radius 2 is 1.84 bits per heavy atom. The minimum Gasteiger partial charge on any atom is -0.489 e. The minimum absolute atomic E-state index is 0.0113. The second kappa shape index (κ2) is 9.27. The largest absolute Gasteiger partial charge is 0.489 e. The molecule has 0 saturated carbocycles. The van der Waals surface area contributed by atoms with Gasteiger partial charge in [0.05, 0.1) is 17.3 Å². The van der Waals surface area contributed by atoms with Crippen LogP contribution in [0.2, 0.25) is 0 Å². The number of carbonyl (C=O) groups is 1. The van der Waals surface area contributed by atoms with E-state index in [4.69, 9.17) is 4.74 Å². The molecule has 190 valence electrons. The number of amides is 1. The maximum Gasteiger partial charge on any atom is 0.416 e. The standard InChI is InChI=1S/C29H26F3N3O2/c30-29(31,32)20-7-5-6-19(16-20)28(36)35-21(18-37-27-11-4-3-10-26(27)35)12-14-34-15-13-23-22-8-1-2-9-24(22)33-25(23)17-34/h1-11,16,21,33H,12-15,17-18H2. The number of aromatic nitrogens is 1. The fourth-order valence-corrected chi connectivity index (χ4v) is 5.46. The van der Waals surface area contributed by atoms with Crippen molar-refractivity contribution >= 4 is 22.5 Å². The first-order chi connectivity index (χ1) is 17.9. The normalized spacial score (nSPS) is 17.8. The summed E-state index contributed by atoms with van der Waals surface area (Å²) in [4.78, 5) is 21.2. The third-order valence-corrected chi connectivity index (χ3v) is 7.32. The predicted octanol–water partition coefficient (Wildman–Crippen LogP) is 6.04. The van der Waals surface area contributed by atoms with Crippen molar-refractivity contribution in [3.05, 3.63) is 95.2 Å². The van der Waals surface area contributed by atoms with Gasteiger partial charge in [-0.2, -0.15) is 13.2 Å². The molecular weight excluding hydrogens is 479 g/mol. The van der Waals surface area contributed by atoms with Gasteiger partial charge in [-0.15, -0.1) is 0 Å². The number of H-pyrrole nitrogens is 1. The lowest BCUT2D eigenvalue weighted by Crippen LogP contribution is -2.48. The number of alkyl halides is 3. The number of rotatable bonds is 4. The van der Waals surface area contributed by atoms with Crippen molar-refractivity contribution in [3.63, 3.8) is 0 Å². The van der Waals surface area contributed by atoms with Gasteiger partial charge in [0, 0.05) is 41.8 Å². The average molecular weight is 506 g/mol. The maximum atomic E-state index is 13.7. The second-order valence-corrected chi connectivity index (χ2v) is 9.63. The quantitative estimate of drug-likeness (QED) is 0.368. The lowest BCUT2D eigenvalue weighted by Gasteiger charge is -2.38. The topological polar surface area (TPSA) is 48.6 Å². The monoisotopic (exact) mass is 505 g/mol. The number of benzene rings is 3. The van der Waals surface area contributed by atoms with Gasteiger partial charge in [-0.1, -0.05) is 36.4 Å². The van der Waals surface area contributed by atoms with Gasteiger partial charge in [-0.25, -0.2) is 0 Å². The van der Waals surface area contributed by atoms with Gasteiger partial charge in [0.25, 0.3) is 5.91 Å². The van der Waals surface area contributed by atoms with Crippen LogP contribution in [0.1, 0.15) is 33.6 Å². The first-order valence-corrected chi connectivity index (χ1v) is 12.4. The van der Waals surface area contributed by atoms with E-state index in [0.717, 1.165) is 43.7 Å². The molecule has 1 amide bonds. The molecule has 0 aliphatic carbocycles.